The topological polar surface area (TPSA) is 67.3 Å². The summed E-state index contributed by atoms with van der Waals surface area (Å²) in [5, 5.41) is 14.8. The largest absolute Gasteiger partial charge is 0.487 e. The number of anilines is 2. The summed E-state index contributed by atoms with van der Waals surface area (Å²) in [4.78, 5) is 9.77. The molecule has 5 rings (SSSR count). The lowest BCUT2D eigenvalue weighted by molar-refractivity contribution is 0.306. The van der Waals surface area contributed by atoms with Gasteiger partial charge in [-0.1, -0.05) is 48.0 Å². The van der Waals surface area contributed by atoms with E-state index in [1.165, 1.54) is 18.5 Å². The number of halogens is 2. The van der Waals surface area contributed by atoms with Crippen LogP contribution in [-0.2, 0) is 6.61 Å². The molecule has 0 saturated heterocycles. The third kappa shape index (κ3) is 4.72. The van der Waals surface area contributed by atoms with Gasteiger partial charge >= 0.3 is 0 Å². The van der Waals surface area contributed by atoms with Crippen molar-refractivity contribution in [2.75, 3.05) is 11.9 Å². The quantitative estimate of drug-likeness (QED) is 0.257. The normalized spacial score (nSPS) is 11.5. The van der Waals surface area contributed by atoms with Gasteiger partial charge in [-0.05, 0) is 47.5 Å². The second kappa shape index (κ2) is 9.77. The second-order valence-corrected chi connectivity index (χ2v) is 8.97. The smallest absolute Gasteiger partial charge is 0.143 e. The van der Waals surface area contributed by atoms with Crippen LogP contribution in [0.1, 0.15) is 11.1 Å². The Hall–Kier alpha value is -3.52. The molecule has 5 aromatic rings. The zero-order valence-electron chi connectivity index (χ0n) is 17.8. The minimum absolute atomic E-state index is 0.00118. The molecule has 3 aromatic carbocycles. The fourth-order valence-corrected chi connectivity index (χ4v) is 4.96. The second-order valence-electron chi connectivity index (χ2n) is 7.53. The number of aromatic nitrogens is 2. The lowest BCUT2D eigenvalue weighted by Crippen LogP contribution is -1.98. The van der Waals surface area contributed by atoms with Crippen molar-refractivity contribution in [1.82, 2.24) is 9.97 Å². The van der Waals surface area contributed by atoms with Crippen molar-refractivity contribution in [3.05, 3.63) is 95.0 Å². The van der Waals surface area contributed by atoms with Gasteiger partial charge in [0.25, 0.3) is 0 Å². The molecule has 0 saturated carbocycles. The monoisotopic (exact) mass is 491 g/mol. The Morgan fingerprint density at radius 1 is 1.09 bits per heavy atom. The summed E-state index contributed by atoms with van der Waals surface area (Å²) in [6, 6.07) is 17.8. The number of aliphatic hydroxyl groups is 1. The van der Waals surface area contributed by atoms with Crippen LogP contribution in [0.4, 0.5) is 15.9 Å². The number of hydrogen-bond donors (Lipinski definition) is 2. The predicted octanol–water partition coefficient (Wildman–Crippen LogP) is 6.97. The van der Waals surface area contributed by atoms with Crippen LogP contribution in [-0.4, -0.2) is 21.7 Å². The first-order valence-electron chi connectivity index (χ1n) is 10.5. The molecule has 0 atom stereocenters. The number of rotatable bonds is 7. The first kappa shape index (κ1) is 22.3. The number of aliphatic hydroxyl groups excluding tert-OH is 1. The number of fused-ring (bicyclic) bond motifs is 3. The third-order valence-electron chi connectivity index (χ3n) is 5.19. The highest BCUT2D eigenvalue weighted by Gasteiger charge is 2.13. The van der Waals surface area contributed by atoms with Gasteiger partial charge in [-0.25, -0.2) is 14.4 Å². The molecule has 0 unspecified atom stereocenters. The van der Waals surface area contributed by atoms with E-state index in [9.17, 15) is 4.39 Å². The maximum Gasteiger partial charge on any atom is 0.143 e. The fourth-order valence-electron chi connectivity index (χ4n) is 3.63. The van der Waals surface area contributed by atoms with Crippen LogP contribution in [0.15, 0.2) is 73.1 Å². The minimum Gasteiger partial charge on any atom is -0.487 e. The van der Waals surface area contributed by atoms with Gasteiger partial charge in [-0.15, -0.1) is 11.3 Å². The number of benzene rings is 3. The van der Waals surface area contributed by atoms with Crippen LogP contribution in [0, 0.1) is 5.82 Å². The van der Waals surface area contributed by atoms with Gasteiger partial charge in [-0.3, -0.25) is 0 Å². The molecule has 2 heterocycles. The molecule has 2 N–H and O–H groups in total. The maximum absolute atomic E-state index is 13.4. The summed E-state index contributed by atoms with van der Waals surface area (Å²) in [5.41, 5.74) is 2.49. The van der Waals surface area contributed by atoms with Gasteiger partial charge in [0, 0.05) is 15.8 Å². The molecule has 0 aliphatic carbocycles. The van der Waals surface area contributed by atoms with E-state index in [1.807, 2.05) is 24.3 Å². The summed E-state index contributed by atoms with van der Waals surface area (Å²) in [6.07, 6.45) is 5.12. The van der Waals surface area contributed by atoms with E-state index in [0.717, 1.165) is 37.1 Å². The van der Waals surface area contributed by atoms with Crippen molar-refractivity contribution in [2.24, 2.45) is 0 Å². The molecule has 0 aliphatic rings. The zero-order valence-corrected chi connectivity index (χ0v) is 19.4. The standard InChI is InChI=1S/C26H19ClFN3O2S/c27-21-13-19(7-9-22(21)33-14-17-3-1-5-18(28)11-17)31-25-24-20-8-6-16(4-2-10-32)12-23(20)34-26(24)30-15-29-25/h1-9,11-13,15,32H,10,14H2,(H,29,30,31)/b4-2+. The number of nitrogens with one attached hydrogen (secondary N) is 1. The Bertz CT molecular complexity index is 1520. The zero-order chi connectivity index (χ0) is 23.5. The minimum atomic E-state index is -0.304. The Morgan fingerprint density at radius 3 is 2.82 bits per heavy atom. The van der Waals surface area contributed by atoms with Crippen LogP contribution >= 0.6 is 22.9 Å². The van der Waals surface area contributed by atoms with E-state index in [0.29, 0.717) is 16.6 Å². The molecule has 2 aromatic heterocycles. The summed E-state index contributed by atoms with van der Waals surface area (Å²) in [7, 11) is 0. The van der Waals surface area contributed by atoms with Crippen molar-refractivity contribution in [3.63, 3.8) is 0 Å². The Balaban J connectivity index is 1.40. The van der Waals surface area contributed by atoms with E-state index in [2.05, 4.69) is 21.4 Å². The van der Waals surface area contributed by atoms with Gasteiger partial charge in [0.1, 0.15) is 35.1 Å². The molecule has 0 bridgehead atoms. The predicted molar refractivity (Wildman–Crippen MR) is 137 cm³/mol. The van der Waals surface area contributed by atoms with Crippen LogP contribution < -0.4 is 10.1 Å². The molecular formula is C26H19ClFN3O2S. The Morgan fingerprint density at radius 2 is 2.00 bits per heavy atom. The number of thiophene rings is 1. The highest BCUT2D eigenvalue weighted by Crippen LogP contribution is 2.38. The lowest BCUT2D eigenvalue weighted by Gasteiger charge is -2.11. The van der Waals surface area contributed by atoms with Gasteiger partial charge in [0.15, 0.2) is 0 Å². The molecule has 0 spiro atoms. The van der Waals surface area contributed by atoms with Crippen LogP contribution in [0.3, 0.4) is 0 Å². The molecule has 0 aliphatic heterocycles. The summed E-state index contributed by atoms with van der Waals surface area (Å²) >= 11 is 8.04. The molecule has 0 fully saturated rings. The van der Waals surface area contributed by atoms with Crippen LogP contribution in [0.5, 0.6) is 5.75 Å². The van der Waals surface area contributed by atoms with Crippen molar-refractivity contribution >= 4 is 60.8 Å². The first-order valence-corrected chi connectivity index (χ1v) is 11.7. The summed E-state index contributed by atoms with van der Waals surface area (Å²) < 4.78 is 20.2. The van der Waals surface area contributed by atoms with E-state index in [1.54, 1.807) is 41.7 Å². The Labute approximate surface area is 204 Å². The molecule has 0 radical (unpaired) electrons. The average molecular weight is 492 g/mol. The van der Waals surface area contributed by atoms with Crippen molar-refractivity contribution in [1.29, 1.82) is 0 Å². The van der Waals surface area contributed by atoms with E-state index in [4.69, 9.17) is 21.4 Å². The Kier molecular flexibility index (Phi) is 6.40. The lowest BCUT2D eigenvalue weighted by atomic mass is 10.1. The van der Waals surface area contributed by atoms with E-state index < -0.39 is 0 Å². The molecule has 0 amide bonds. The van der Waals surface area contributed by atoms with E-state index >= 15 is 0 Å². The SMILES string of the molecule is OC/C=C/c1ccc2c(c1)sc1ncnc(Nc3ccc(OCc4cccc(F)c4)c(Cl)c3)c12. The average Bonchev–Trinajstić information content (AvgIpc) is 3.21. The van der Waals surface area contributed by atoms with Gasteiger partial charge < -0.3 is 15.2 Å². The van der Waals surface area contributed by atoms with Crippen molar-refractivity contribution in [3.8, 4) is 5.75 Å². The molecular weight excluding hydrogens is 473 g/mol. The fraction of sp³-hybridized carbons (Fsp3) is 0.0769. The highest BCUT2D eigenvalue weighted by molar-refractivity contribution is 7.25. The maximum atomic E-state index is 13.4. The molecule has 34 heavy (non-hydrogen) atoms. The summed E-state index contributed by atoms with van der Waals surface area (Å²) in [6.45, 7) is 0.217. The highest BCUT2D eigenvalue weighted by atomic mass is 35.5. The number of hydrogen-bond acceptors (Lipinski definition) is 6. The number of nitrogens with zero attached hydrogens (tertiary/aromatic N) is 2. The van der Waals surface area contributed by atoms with Gasteiger partial charge in [0.05, 0.1) is 17.0 Å². The third-order valence-corrected chi connectivity index (χ3v) is 6.54. The van der Waals surface area contributed by atoms with Crippen molar-refractivity contribution < 1.29 is 14.2 Å². The summed E-state index contributed by atoms with van der Waals surface area (Å²) in [5.74, 6) is 0.884. The number of ether oxygens (including phenoxy) is 1. The van der Waals surface area contributed by atoms with Gasteiger partial charge in [0.2, 0.25) is 0 Å². The molecule has 170 valence electrons. The first-order chi connectivity index (χ1) is 16.6. The van der Waals surface area contributed by atoms with Crippen LogP contribution in [0.25, 0.3) is 26.4 Å². The molecule has 5 nitrogen and oxygen atoms in total. The van der Waals surface area contributed by atoms with Crippen molar-refractivity contribution in [2.45, 2.75) is 6.61 Å². The molecule has 8 heteroatoms. The van der Waals surface area contributed by atoms with E-state index in [-0.39, 0.29) is 19.0 Å². The van der Waals surface area contributed by atoms with Crippen LogP contribution in [0.2, 0.25) is 5.02 Å². The van der Waals surface area contributed by atoms with Gasteiger partial charge in [-0.2, -0.15) is 0 Å².